The number of amides is 1. The molecule has 0 fully saturated rings. The monoisotopic (exact) mass is 282 g/mol. The summed E-state index contributed by atoms with van der Waals surface area (Å²) in [6, 6.07) is 7.14. The van der Waals surface area contributed by atoms with E-state index >= 15 is 0 Å². The molecule has 0 heterocycles. The molecule has 1 N–H and O–H groups in total. The zero-order valence-electron chi connectivity index (χ0n) is 11.1. The number of ether oxygens (including phenoxy) is 1. The molecule has 0 aliphatic carbocycles. The van der Waals surface area contributed by atoms with Crippen LogP contribution in [0, 0.1) is 0 Å². The van der Waals surface area contributed by atoms with Gasteiger partial charge in [0.25, 0.3) is 0 Å². The molecular formula is C14H19ClN2O2. The molecule has 0 unspecified atom stereocenters. The van der Waals surface area contributed by atoms with E-state index in [-0.39, 0.29) is 5.91 Å². The third-order valence-electron chi connectivity index (χ3n) is 2.50. The highest BCUT2D eigenvalue weighted by Crippen LogP contribution is 2.15. The first-order chi connectivity index (χ1) is 9.13. The molecule has 1 aromatic rings. The van der Waals surface area contributed by atoms with Crippen LogP contribution in [-0.4, -0.2) is 44.1 Å². The van der Waals surface area contributed by atoms with Crippen molar-refractivity contribution in [3.63, 3.8) is 0 Å². The fraction of sp³-hybridized carbons (Fsp3) is 0.357. The van der Waals surface area contributed by atoms with Crippen molar-refractivity contribution < 1.29 is 9.53 Å². The topological polar surface area (TPSA) is 41.6 Å². The van der Waals surface area contributed by atoms with Gasteiger partial charge in [-0.3, -0.25) is 4.79 Å². The van der Waals surface area contributed by atoms with Gasteiger partial charge in [0, 0.05) is 18.6 Å². The average molecular weight is 283 g/mol. The Morgan fingerprint density at radius 3 is 2.79 bits per heavy atom. The van der Waals surface area contributed by atoms with Gasteiger partial charge in [-0.2, -0.15) is 0 Å². The van der Waals surface area contributed by atoms with Crippen LogP contribution >= 0.6 is 11.6 Å². The van der Waals surface area contributed by atoms with Gasteiger partial charge in [0.1, 0.15) is 12.4 Å². The summed E-state index contributed by atoms with van der Waals surface area (Å²) in [6.45, 7) is 5.50. The zero-order valence-corrected chi connectivity index (χ0v) is 11.8. The van der Waals surface area contributed by atoms with Crippen LogP contribution in [0.1, 0.15) is 0 Å². The van der Waals surface area contributed by atoms with E-state index in [1.54, 1.807) is 42.3 Å². The Hall–Kier alpha value is -1.52. The minimum atomic E-state index is 0.0292. The number of nitrogens with one attached hydrogen (secondary N) is 1. The molecule has 1 amide bonds. The molecule has 0 saturated carbocycles. The second-order valence-corrected chi connectivity index (χ2v) is 4.47. The first-order valence-electron chi connectivity index (χ1n) is 6.07. The van der Waals surface area contributed by atoms with Crippen LogP contribution in [0.4, 0.5) is 0 Å². The van der Waals surface area contributed by atoms with Crippen LogP contribution in [0.3, 0.4) is 0 Å². The summed E-state index contributed by atoms with van der Waals surface area (Å²) in [5.41, 5.74) is 0. The standard InChI is InChI=1S/C14H19ClN2O2/c1-3-8-16-11-14(18)17(2)9-10-19-13-6-4-12(15)5-7-13/h3-7,16H,1,8-11H2,2H3. The van der Waals surface area contributed by atoms with Crippen LogP contribution in [0.2, 0.25) is 5.02 Å². The van der Waals surface area contributed by atoms with Crippen molar-refractivity contribution >= 4 is 17.5 Å². The number of carbonyl (C=O) groups excluding carboxylic acids is 1. The maximum atomic E-state index is 11.7. The fourth-order valence-electron chi connectivity index (χ4n) is 1.37. The maximum Gasteiger partial charge on any atom is 0.236 e. The van der Waals surface area contributed by atoms with E-state index in [0.717, 1.165) is 5.75 Å². The molecule has 0 aliphatic heterocycles. The van der Waals surface area contributed by atoms with Crippen LogP contribution in [0.25, 0.3) is 0 Å². The summed E-state index contributed by atoms with van der Waals surface area (Å²) in [6.07, 6.45) is 1.72. The van der Waals surface area contributed by atoms with Gasteiger partial charge in [0.15, 0.2) is 0 Å². The molecule has 0 saturated heterocycles. The van der Waals surface area contributed by atoms with Gasteiger partial charge >= 0.3 is 0 Å². The highest BCUT2D eigenvalue weighted by Gasteiger charge is 2.07. The summed E-state index contributed by atoms with van der Waals surface area (Å²) in [5.74, 6) is 0.775. The van der Waals surface area contributed by atoms with Gasteiger partial charge in [0.2, 0.25) is 5.91 Å². The van der Waals surface area contributed by atoms with E-state index in [9.17, 15) is 4.79 Å². The smallest absolute Gasteiger partial charge is 0.236 e. The van der Waals surface area contributed by atoms with Crippen LogP contribution in [0.5, 0.6) is 5.75 Å². The lowest BCUT2D eigenvalue weighted by Gasteiger charge is -2.17. The van der Waals surface area contributed by atoms with Gasteiger partial charge in [-0.1, -0.05) is 17.7 Å². The molecule has 0 atom stereocenters. The molecule has 19 heavy (non-hydrogen) atoms. The Morgan fingerprint density at radius 1 is 1.47 bits per heavy atom. The third-order valence-corrected chi connectivity index (χ3v) is 2.75. The lowest BCUT2D eigenvalue weighted by Crippen LogP contribution is -2.37. The zero-order chi connectivity index (χ0) is 14.1. The van der Waals surface area contributed by atoms with Gasteiger partial charge < -0.3 is 15.0 Å². The average Bonchev–Trinajstić information content (AvgIpc) is 2.41. The highest BCUT2D eigenvalue weighted by molar-refractivity contribution is 6.30. The van der Waals surface area contributed by atoms with Crippen molar-refractivity contribution in [2.45, 2.75) is 0 Å². The van der Waals surface area contributed by atoms with Crippen molar-refractivity contribution in [2.75, 3.05) is 33.3 Å². The summed E-state index contributed by atoms with van der Waals surface area (Å²) < 4.78 is 5.52. The van der Waals surface area contributed by atoms with Gasteiger partial charge in [-0.25, -0.2) is 0 Å². The SMILES string of the molecule is C=CCNCC(=O)N(C)CCOc1ccc(Cl)cc1. The quantitative estimate of drug-likeness (QED) is 0.585. The van der Waals surface area contributed by atoms with Crippen molar-refractivity contribution in [1.29, 1.82) is 0 Å². The van der Waals surface area contributed by atoms with E-state index in [4.69, 9.17) is 16.3 Å². The fourth-order valence-corrected chi connectivity index (χ4v) is 1.50. The second-order valence-electron chi connectivity index (χ2n) is 4.04. The number of carbonyl (C=O) groups is 1. The highest BCUT2D eigenvalue weighted by atomic mass is 35.5. The lowest BCUT2D eigenvalue weighted by atomic mass is 10.3. The summed E-state index contributed by atoms with van der Waals surface area (Å²) >= 11 is 5.78. The summed E-state index contributed by atoms with van der Waals surface area (Å²) in [5, 5.41) is 3.64. The van der Waals surface area contributed by atoms with Gasteiger partial charge in [-0.15, -0.1) is 6.58 Å². The minimum Gasteiger partial charge on any atom is -0.492 e. The van der Waals surface area contributed by atoms with Crippen LogP contribution in [0.15, 0.2) is 36.9 Å². The third kappa shape index (κ3) is 6.27. The first kappa shape index (κ1) is 15.5. The number of nitrogens with zero attached hydrogens (tertiary/aromatic N) is 1. The Morgan fingerprint density at radius 2 is 2.16 bits per heavy atom. The number of hydrogen-bond acceptors (Lipinski definition) is 3. The molecule has 0 spiro atoms. The number of rotatable bonds is 8. The van der Waals surface area contributed by atoms with E-state index in [1.165, 1.54) is 0 Å². The van der Waals surface area contributed by atoms with Gasteiger partial charge in [-0.05, 0) is 24.3 Å². The van der Waals surface area contributed by atoms with E-state index in [1.807, 2.05) is 0 Å². The number of halogens is 1. The summed E-state index contributed by atoms with van der Waals surface area (Å²) in [4.78, 5) is 13.3. The van der Waals surface area contributed by atoms with E-state index in [2.05, 4.69) is 11.9 Å². The Labute approximate surface area is 119 Å². The lowest BCUT2D eigenvalue weighted by molar-refractivity contribution is -0.129. The number of benzene rings is 1. The summed E-state index contributed by atoms with van der Waals surface area (Å²) in [7, 11) is 1.75. The van der Waals surface area contributed by atoms with E-state index < -0.39 is 0 Å². The molecule has 0 bridgehead atoms. The second kappa shape index (κ2) is 8.56. The molecule has 5 heteroatoms. The number of likely N-dealkylation sites (N-methyl/N-ethyl adjacent to an activating group) is 1. The van der Waals surface area contributed by atoms with Crippen LogP contribution < -0.4 is 10.1 Å². The van der Waals surface area contributed by atoms with Crippen molar-refractivity contribution in [2.24, 2.45) is 0 Å². The van der Waals surface area contributed by atoms with Gasteiger partial charge in [0.05, 0.1) is 13.1 Å². The Balaban J connectivity index is 2.22. The first-order valence-corrected chi connectivity index (χ1v) is 6.45. The molecule has 0 aromatic heterocycles. The van der Waals surface area contributed by atoms with Crippen LogP contribution in [-0.2, 0) is 4.79 Å². The maximum absolute atomic E-state index is 11.7. The van der Waals surface area contributed by atoms with Crippen molar-refractivity contribution in [3.05, 3.63) is 41.9 Å². The largest absolute Gasteiger partial charge is 0.492 e. The molecule has 0 radical (unpaired) electrons. The molecule has 1 aromatic carbocycles. The molecule has 0 aliphatic rings. The predicted molar refractivity (Wildman–Crippen MR) is 77.7 cm³/mol. The Kier molecular flexibility index (Phi) is 7.00. The normalized spacial score (nSPS) is 10.0. The predicted octanol–water partition coefficient (Wildman–Crippen LogP) is 1.95. The number of hydrogen-bond donors (Lipinski definition) is 1. The minimum absolute atomic E-state index is 0.0292. The molecular weight excluding hydrogens is 264 g/mol. The van der Waals surface area contributed by atoms with Crippen molar-refractivity contribution in [1.82, 2.24) is 10.2 Å². The van der Waals surface area contributed by atoms with Crippen molar-refractivity contribution in [3.8, 4) is 5.75 Å². The van der Waals surface area contributed by atoms with E-state index in [0.29, 0.717) is 31.3 Å². The molecule has 1 rings (SSSR count). The molecule has 104 valence electrons. The molecule has 4 nitrogen and oxygen atoms in total. The Bertz CT molecular complexity index is 406.